The second-order valence-corrected chi connectivity index (χ2v) is 9.78. The minimum absolute atomic E-state index is 0.266. The summed E-state index contributed by atoms with van der Waals surface area (Å²) in [5, 5.41) is 11.8. The molecule has 2 N–H and O–H groups in total. The summed E-state index contributed by atoms with van der Waals surface area (Å²) in [6, 6.07) is 12.6. The molecule has 2 heterocycles. The van der Waals surface area contributed by atoms with E-state index >= 15 is 0 Å². The predicted octanol–water partition coefficient (Wildman–Crippen LogP) is 5.90. The van der Waals surface area contributed by atoms with E-state index in [1.54, 1.807) is 23.6 Å². The lowest BCUT2D eigenvalue weighted by Gasteiger charge is -2.29. The Kier molecular flexibility index (Phi) is 9.17. The van der Waals surface area contributed by atoms with Crippen LogP contribution in [0.15, 0.2) is 58.9 Å². The first-order valence-corrected chi connectivity index (χ1v) is 13.9. The summed E-state index contributed by atoms with van der Waals surface area (Å²) in [7, 11) is 1.58. The maximum atomic E-state index is 13.9. The average molecular weight is 538 g/mol. The van der Waals surface area contributed by atoms with Gasteiger partial charge in [-0.05, 0) is 56.5 Å². The fourth-order valence-corrected chi connectivity index (χ4v) is 4.90. The minimum atomic E-state index is -0.538. The molecule has 4 rings (SSSR count). The van der Waals surface area contributed by atoms with Crippen LogP contribution in [0.5, 0.6) is 17.2 Å². The average Bonchev–Trinajstić information content (AvgIpc) is 3.33. The van der Waals surface area contributed by atoms with Crippen molar-refractivity contribution in [3.63, 3.8) is 0 Å². The largest absolute Gasteiger partial charge is 0.495 e. The zero-order valence-corrected chi connectivity index (χ0v) is 23.4. The topological polar surface area (TPSA) is 99.5 Å². The van der Waals surface area contributed by atoms with Gasteiger partial charge in [-0.25, -0.2) is 4.68 Å². The van der Waals surface area contributed by atoms with Gasteiger partial charge in [-0.3, -0.25) is 4.79 Å². The van der Waals surface area contributed by atoms with E-state index in [-0.39, 0.29) is 5.91 Å². The molecule has 1 aliphatic heterocycles. The monoisotopic (exact) mass is 537 g/mol. The number of amides is 1. The van der Waals surface area contributed by atoms with Gasteiger partial charge in [0.05, 0.1) is 31.6 Å². The summed E-state index contributed by atoms with van der Waals surface area (Å²) in [5.41, 5.74) is 2.63. The summed E-state index contributed by atoms with van der Waals surface area (Å²) in [6.07, 6.45) is 1.89. The lowest BCUT2D eigenvalue weighted by atomic mass is 9.94. The van der Waals surface area contributed by atoms with Crippen molar-refractivity contribution < 1.29 is 19.0 Å². The van der Waals surface area contributed by atoms with Gasteiger partial charge in [0.2, 0.25) is 11.1 Å². The fourth-order valence-electron chi connectivity index (χ4n) is 4.22. The van der Waals surface area contributed by atoms with Crippen LogP contribution >= 0.6 is 11.8 Å². The second kappa shape index (κ2) is 12.7. The Morgan fingerprint density at radius 3 is 2.63 bits per heavy atom. The first-order chi connectivity index (χ1) is 18.5. The van der Waals surface area contributed by atoms with E-state index < -0.39 is 6.04 Å². The van der Waals surface area contributed by atoms with Crippen molar-refractivity contribution >= 4 is 29.3 Å². The molecule has 38 heavy (non-hydrogen) atoms. The van der Waals surface area contributed by atoms with E-state index in [2.05, 4.69) is 24.5 Å². The van der Waals surface area contributed by atoms with Crippen LogP contribution in [0.4, 0.5) is 11.6 Å². The summed E-state index contributed by atoms with van der Waals surface area (Å²) >= 11 is 1.59. The van der Waals surface area contributed by atoms with Gasteiger partial charge in [0.25, 0.3) is 5.91 Å². The number of methoxy groups -OCH3 is 1. The van der Waals surface area contributed by atoms with Crippen molar-refractivity contribution in [2.75, 3.05) is 36.7 Å². The first-order valence-electron chi connectivity index (χ1n) is 12.9. The SMILES string of the molecule is CCCOc1ccc(C2C(C(=O)Nc3ccccc3OC)=C(C)Nc3nc(SCCC)nn32)cc1OCC. The number of hydrogen-bond donors (Lipinski definition) is 2. The van der Waals surface area contributed by atoms with E-state index in [1.807, 2.05) is 56.3 Å². The lowest BCUT2D eigenvalue weighted by molar-refractivity contribution is -0.113. The summed E-state index contributed by atoms with van der Waals surface area (Å²) < 4.78 is 19.1. The lowest BCUT2D eigenvalue weighted by Crippen LogP contribution is -2.31. The Hall–Kier alpha value is -3.66. The molecule has 2 aromatic carbocycles. The normalized spacial score (nSPS) is 14.5. The molecule has 0 fully saturated rings. The Balaban J connectivity index is 1.79. The van der Waals surface area contributed by atoms with Gasteiger partial charge in [-0.2, -0.15) is 4.98 Å². The highest BCUT2D eigenvalue weighted by Gasteiger charge is 2.35. The number of nitrogens with zero attached hydrogens (tertiary/aromatic N) is 3. The zero-order chi connectivity index (χ0) is 27.1. The number of carbonyl (C=O) groups excluding carboxylic acids is 1. The zero-order valence-electron chi connectivity index (χ0n) is 22.5. The van der Waals surface area contributed by atoms with Crippen LogP contribution in [0.25, 0.3) is 0 Å². The molecule has 0 aliphatic carbocycles. The maximum Gasteiger partial charge on any atom is 0.255 e. The van der Waals surface area contributed by atoms with E-state index in [0.29, 0.717) is 58.5 Å². The van der Waals surface area contributed by atoms with E-state index in [0.717, 1.165) is 24.2 Å². The van der Waals surface area contributed by atoms with Gasteiger partial charge in [-0.15, -0.1) is 5.10 Å². The Morgan fingerprint density at radius 1 is 1.08 bits per heavy atom. The van der Waals surface area contributed by atoms with Crippen LogP contribution in [0, 0.1) is 0 Å². The molecule has 9 nitrogen and oxygen atoms in total. The molecule has 0 saturated carbocycles. The van der Waals surface area contributed by atoms with Crippen molar-refractivity contribution in [1.82, 2.24) is 14.8 Å². The molecule has 1 amide bonds. The van der Waals surface area contributed by atoms with Crippen molar-refractivity contribution in [2.45, 2.75) is 51.7 Å². The highest BCUT2D eigenvalue weighted by Crippen LogP contribution is 2.40. The molecule has 3 aromatic rings. The van der Waals surface area contributed by atoms with Crippen molar-refractivity contribution in [3.05, 3.63) is 59.3 Å². The van der Waals surface area contributed by atoms with Crippen LogP contribution < -0.4 is 24.8 Å². The quantitative estimate of drug-likeness (QED) is 0.275. The van der Waals surface area contributed by atoms with Gasteiger partial charge in [0.1, 0.15) is 11.8 Å². The van der Waals surface area contributed by atoms with Gasteiger partial charge in [-0.1, -0.05) is 43.8 Å². The third kappa shape index (κ3) is 5.91. The predicted molar refractivity (Wildman–Crippen MR) is 151 cm³/mol. The van der Waals surface area contributed by atoms with Crippen molar-refractivity contribution in [1.29, 1.82) is 0 Å². The fraction of sp³-hybridized carbons (Fsp3) is 0.393. The van der Waals surface area contributed by atoms with E-state index in [4.69, 9.17) is 24.3 Å². The van der Waals surface area contributed by atoms with Crippen LogP contribution in [0.1, 0.15) is 52.1 Å². The number of para-hydroxylation sites is 2. The molecule has 0 radical (unpaired) electrons. The number of fused-ring (bicyclic) bond motifs is 1. The molecule has 202 valence electrons. The molecule has 0 saturated heterocycles. The van der Waals surface area contributed by atoms with Crippen LogP contribution in [0.2, 0.25) is 0 Å². The second-order valence-electron chi connectivity index (χ2n) is 8.72. The third-order valence-electron chi connectivity index (χ3n) is 5.91. The summed E-state index contributed by atoms with van der Waals surface area (Å²) in [6.45, 7) is 9.06. The number of hydrogen-bond acceptors (Lipinski definition) is 8. The van der Waals surface area contributed by atoms with Gasteiger partial charge in [0, 0.05) is 11.4 Å². The molecule has 1 aromatic heterocycles. The number of carbonyl (C=O) groups is 1. The van der Waals surface area contributed by atoms with Crippen molar-refractivity contribution in [2.24, 2.45) is 0 Å². The molecule has 1 atom stereocenters. The molecule has 1 unspecified atom stereocenters. The highest BCUT2D eigenvalue weighted by atomic mass is 32.2. The third-order valence-corrected chi connectivity index (χ3v) is 6.96. The van der Waals surface area contributed by atoms with Crippen LogP contribution in [-0.4, -0.2) is 46.7 Å². The molecule has 0 bridgehead atoms. The minimum Gasteiger partial charge on any atom is -0.495 e. The molecule has 0 spiro atoms. The highest BCUT2D eigenvalue weighted by molar-refractivity contribution is 7.99. The number of allylic oxidation sites excluding steroid dienone is 1. The van der Waals surface area contributed by atoms with Crippen LogP contribution in [0.3, 0.4) is 0 Å². The molecule has 10 heteroatoms. The van der Waals surface area contributed by atoms with Gasteiger partial charge < -0.3 is 24.8 Å². The molecular formula is C28H35N5O4S. The standard InChI is InChI=1S/C28H35N5O4S/c1-6-15-37-22-14-13-19(17-23(22)36-8-3)25-24(26(34)30-20-11-9-10-12-21(20)35-5)18(4)29-27-31-28(32-33(25)27)38-16-7-2/h9-14,17,25H,6-8,15-16H2,1-5H3,(H,30,34)(H,29,31,32). The number of aromatic nitrogens is 3. The van der Waals surface area contributed by atoms with Gasteiger partial charge >= 0.3 is 0 Å². The number of anilines is 2. The molecular weight excluding hydrogens is 502 g/mol. The first kappa shape index (κ1) is 27.4. The van der Waals surface area contributed by atoms with Gasteiger partial charge in [0.15, 0.2) is 11.5 Å². The number of nitrogens with one attached hydrogen (secondary N) is 2. The smallest absolute Gasteiger partial charge is 0.255 e. The Labute approximate surface area is 228 Å². The number of thioether (sulfide) groups is 1. The van der Waals surface area contributed by atoms with E-state index in [9.17, 15) is 4.79 Å². The van der Waals surface area contributed by atoms with Crippen molar-refractivity contribution in [3.8, 4) is 17.2 Å². The number of rotatable bonds is 12. The summed E-state index contributed by atoms with van der Waals surface area (Å²) in [5.74, 6) is 3.10. The molecule has 1 aliphatic rings. The van der Waals surface area contributed by atoms with E-state index in [1.165, 1.54) is 0 Å². The number of benzene rings is 2. The summed E-state index contributed by atoms with van der Waals surface area (Å²) in [4.78, 5) is 18.5. The van der Waals surface area contributed by atoms with Crippen LogP contribution in [-0.2, 0) is 4.79 Å². The Bertz CT molecular complexity index is 1310. The Morgan fingerprint density at radius 2 is 1.89 bits per heavy atom. The maximum absolute atomic E-state index is 13.9. The number of ether oxygens (including phenoxy) is 3.